The Morgan fingerprint density at radius 2 is 1.52 bits per heavy atom. The quantitative estimate of drug-likeness (QED) is 0.552. The second kappa shape index (κ2) is 6.99. The highest BCUT2D eigenvalue weighted by atomic mass is 16.5. The molecule has 2 aromatic rings. The van der Waals surface area contributed by atoms with Gasteiger partial charge in [-0.3, -0.25) is 0 Å². The summed E-state index contributed by atoms with van der Waals surface area (Å²) >= 11 is 0. The van der Waals surface area contributed by atoms with Crippen LogP contribution in [0.2, 0.25) is 0 Å². The first-order valence-corrected chi connectivity index (χ1v) is 8.50. The standard InChI is InChI=1S/C21H24O2/c1-15-3-7-17(8-4-15)18-11-13-20(14-12-18)23-21(22)19-9-5-16(2)6-10-19/h5-6,9-15,17H,3-4,7-8H2,1-2H3. The molecule has 1 aliphatic rings. The zero-order valence-corrected chi connectivity index (χ0v) is 13.9. The van der Waals surface area contributed by atoms with Crippen molar-refractivity contribution in [3.8, 4) is 5.75 Å². The van der Waals surface area contributed by atoms with Gasteiger partial charge in [-0.15, -0.1) is 0 Å². The van der Waals surface area contributed by atoms with Gasteiger partial charge in [-0.1, -0.05) is 49.6 Å². The molecule has 0 heterocycles. The summed E-state index contributed by atoms with van der Waals surface area (Å²) in [6.45, 7) is 4.34. The number of carbonyl (C=O) groups excluding carboxylic acids is 1. The number of ether oxygens (including phenoxy) is 1. The van der Waals surface area contributed by atoms with E-state index in [4.69, 9.17) is 4.74 Å². The third-order valence-electron chi connectivity index (χ3n) is 4.87. The van der Waals surface area contributed by atoms with E-state index in [2.05, 4.69) is 19.1 Å². The number of aryl methyl sites for hydroxylation is 1. The summed E-state index contributed by atoms with van der Waals surface area (Å²) in [6, 6.07) is 15.5. The lowest BCUT2D eigenvalue weighted by Gasteiger charge is -2.26. The summed E-state index contributed by atoms with van der Waals surface area (Å²) in [7, 11) is 0. The maximum Gasteiger partial charge on any atom is 0.343 e. The smallest absolute Gasteiger partial charge is 0.343 e. The van der Waals surface area contributed by atoms with Crippen molar-refractivity contribution in [2.45, 2.75) is 45.4 Å². The predicted molar refractivity (Wildman–Crippen MR) is 93.0 cm³/mol. The average molecular weight is 308 g/mol. The van der Waals surface area contributed by atoms with Gasteiger partial charge in [-0.05, 0) is 61.4 Å². The van der Waals surface area contributed by atoms with E-state index in [1.807, 2.05) is 31.2 Å². The molecule has 0 aliphatic heterocycles. The maximum atomic E-state index is 12.1. The normalized spacial score (nSPS) is 21.0. The van der Waals surface area contributed by atoms with Crippen molar-refractivity contribution in [1.82, 2.24) is 0 Å². The molecule has 0 spiro atoms. The van der Waals surface area contributed by atoms with E-state index in [9.17, 15) is 4.79 Å². The van der Waals surface area contributed by atoms with Gasteiger partial charge in [0.1, 0.15) is 5.75 Å². The Bertz CT molecular complexity index is 647. The third-order valence-corrected chi connectivity index (χ3v) is 4.87. The highest BCUT2D eigenvalue weighted by Crippen LogP contribution is 2.35. The highest BCUT2D eigenvalue weighted by Gasteiger charge is 2.19. The van der Waals surface area contributed by atoms with Gasteiger partial charge >= 0.3 is 5.97 Å². The van der Waals surface area contributed by atoms with Crippen LogP contribution in [0.5, 0.6) is 5.75 Å². The fraction of sp³-hybridized carbons (Fsp3) is 0.381. The number of rotatable bonds is 3. The molecule has 2 aromatic carbocycles. The molecule has 2 nitrogen and oxygen atoms in total. The van der Waals surface area contributed by atoms with E-state index in [0.717, 1.165) is 11.5 Å². The minimum absolute atomic E-state index is 0.302. The monoisotopic (exact) mass is 308 g/mol. The highest BCUT2D eigenvalue weighted by molar-refractivity contribution is 5.91. The average Bonchev–Trinajstić information content (AvgIpc) is 2.57. The van der Waals surface area contributed by atoms with Gasteiger partial charge in [-0.25, -0.2) is 4.79 Å². The molecule has 0 radical (unpaired) electrons. The van der Waals surface area contributed by atoms with Crippen molar-refractivity contribution in [2.24, 2.45) is 5.92 Å². The summed E-state index contributed by atoms with van der Waals surface area (Å²) in [5, 5.41) is 0. The van der Waals surface area contributed by atoms with Crippen LogP contribution in [0.15, 0.2) is 48.5 Å². The van der Waals surface area contributed by atoms with Crippen LogP contribution in [0.1, 0.15) is 60.0 Å². The van der Waals surface area contributed by atoms with E-state index in [0.29, 0.717) is 17.2 Å². The minimum atomic E-state index is -0.302. The van der Waals surface area contributed by atoms with Gasteiger partial charge < -0.3 is 4.74 Å². The van der Waals surface area contributed by atoms with E-state index in [1.54, 1.807) is 12.1 Å². The van der Waals surface area contributed by atoms with Crippen molar-refractivity contribution in [3.63, 3.8) is 0 Å². The summed E-state index contributed by atoms with van der Waals surface area (Å²) in [4.78, 5) is 12.1. The van der Waals surface area contributed by atoms with E-state index in [1.165, 1.54) is 31.2 Å². The largest absolute Gasteiger partial charge is 0.423 e. The summed E-state index contributed by atoms with van der Waals surface area (Å²) in [5.41, 5.74) is 3.08. The van der Waals surface area contributed by atoms with Crippen molar-refractivity contribution in [1.29, 1.82) is 0 Å². The summed E-state index contributed by atoms with van der Waals surface area (Å²) in [6.07, 6.45) is 5.16. The maximum absolute atomic E-state index is 12.1. The van der Waals surface area contributed by atoms with Crippen molar-refractivity contribution in [3.05, 3.63) is 65.2 Å². The van der Waals surface area contributed by atoms with Crippen molar-refractivity contribution in [2.75, 3.05) is 0 Å². The molecule has 120 valence electrons. The van der Waals surface area contributed by atoms with Crippen LogP contribution in [-0.2, 0) is 0 Å². The molecule has 1 saturated carbocycles. The molecule has 0 N–H and O–H groups in total. The summed E-state index contributed by atoms with van der Waals surface area (Å²) in [5.74, 6) is 1.83. The Morgan fingerprint density at radius 1 is 0.913 bits per heavy atom. The van der Waals surface area contributed by atoms with Gasteiger partial charge in [0.2, 0.25) is 0 Å². The lowest BCUT2D eigenvalue weighted by molar-refractivity contribution is 0.0734. The van der Waals surface area contributed by atoms with E-state index < -0.39 is 0 Å². The SMILES string of the molecule is Cc1ccc(C(=O)Oc2ccc(C3CCC(C)CC3)cc2)cc1. The number of hydrogen-bond donors (Lipinski definition) is 0. The van der Waals surface area contributed by atoms with Crippen molar-refractivity contribution < 1.29 is 9.53 Å². The molecule has 1 fully saturated rings. The minimum Gasteiger partial charge on any atom is -0.423 e. The number of benzene rings is 2. The van der Waals surface area contributed by atoms with E-state index >= 15 is 0 Å². The molecule has 0 aromatic heterocycles. The fourth-order valence-electron chi connectivity index (χ4n) is 3.26. The first kappa shape index (κ1) is 15.8. The van der Waals surface area contributed by atoms with Crippen LogP contribution in [0.25, 0.3) is 0 Å². The second-order valence-corrected chi connectivity index (χ2v) is 6.78. The zero-order chi connectivity index (χ0) is 16.2. The molecule has 0 amide bonds. The zero-order valence-electron chi connectivity index (χ0n) is 13.9. The van der Waals surface area contributed by atoms with Gasteiger partial charge in [-0.2, -0.15) is 0 Å². The van der Waals surface area contributed by atoms with Crippen LogP contribution in [0, 0.1) is 12.8 Å². The Balaban J connectivity index is 1.63. The molecular weight excluding hydrogens is 284 g/mol. The molecule has 0 atom stereocenters. The van der Waals surface area contributed by atoms with Gasteiger partial charge in [0.15, 0.2) is 0 Å². The summed E-state index contributed by atoms with van der Waals surface area (Å²) < 4.78 is 5.46. The van der Waals surface area contributed by atoms with Gasteiger partial charge in [0.25, 0.3) is 0 Å². The van der Waals surface area contributed by atoms with Gasteiger partial charge in [0.05, 0.1) is 5.56 Å². The van der Waals surface area contributed by atoms with Crippen LogP contribution in [-0.4, -0.2) is 5.97 Å². The molecule has 0 unspecified atom stereocenters. The number of esters is 1. The van der Waals surface area contributed by atoms with Crippen LogP contribution >= 0.6 is 0 Å². The molecule has 23 heavy (non-hydrogen) atoms. The fourth-order valence-corrected chi connectivity index (χ4v) is 3.26. The number of carbonyl (C=O) groups is 1. The molecular formula is C21H24O2. The first-order chi connectivity index (χ1) is 11.1. The van der Waals surface area contributed by atoms with Crippen LogP contribution in [0.4, 0.5) is 0 Å². The predicted octanol–water partition coefficient (Wildman–Crippen LogP) is 5.51. The lowest BCUT2D eigenvalue weighted by Crippen LogP contribution is -2.11. The number of hydrogen-bond acceptors (Lipinski definition) is 2. The van der Waals surface area contributed by atoms with Crippen molar-refractivity contribution >= 4 is 5.97 Å². The lowest BCUT2D eigenvalue weighted by atomic mass is 9.79. The molecule has 0 bridgehead atoms. The van der Waals surface area contributed by atoms with Crippen LogP contribution in [0.3, 0.4) is 0 Å². The molecule has 3 rings (SSSR count). The Labute approximate surface area is 138 Å². The third kappa shape index (κ3) is 4.01. The Kier molecular flexibility index (Phi) is 4.80. The van der Waals surface area contributed by atoms with Gasteiger partial charge in [0, 0.05) is 0 Å². The molecule has 1 aliphatic carbocycles. The first-order valence-electron chi connectivity index (χ1n) is 8.50. The van der Waals surface area contributed by atoms with E-state index in [-0.39, 0.29) is 5.97 Å². The molecule has 2 heteroatoms. The Morgan fingerprint density at radius 3 is 2.13 bits per heavy atom. The van der Waals surface area contributed by atoms with Crippen LogP contribution < -0.4 is 4.74 Å². The molecule has 0 saturated heterocycles. The topological polar surface area (TPSA) is 26.3 Å². The second-order valence-electron chi connectivity index (χ2n) is 6.78. The Hall–Kier alpha value is -2.09.